The number of amides is 1. The first kappa shape index (κ1) is 22.7. The fourth-order valence-electron chi connectivity index (χ4n) is 4.52. The third-order valence-electron chi connectivity index (χ3n) is 6.52. The second kappa shape index (κ2) is 9.18. The molecular weight excluding hydrogens is 413 g/mol. The molecule has 2 aliphatic rings. The zero-order valence-electron chi connectivity index (χ0n) is 19.7. The van der Waals surface area contributed by atoms with Crippen molar-refractivity contribution in [2.24, 2.45) is 4.99 Å². The molecule has 0 fully saturated rings. The predicted octanol–water partition coefficient (Wildman–Crippen LogP) is 5.81. The van der Waals surface area contributed by atoms with Crippen molar-refractivity contribution in [3.8, 4) is 0 Å². The summed E-state index contributed by atoms with van der Waals surface area (Å²) in [6.45, 7) is 10.7. The Morgan fingerprint density at radius 2 is 2.03 bits per heavy atom. The van der Waals surface area contributed by atoms with E-state index in [9.17, 15) is 9.18 Å². The lowest BCUT2D eigenvalue weighted by atomic mass is 9.93. The number of nitrogens with zero attached hydrogens (tertiary/aromatic N) is 3. The van der Waals surface area contributed by atoms with E-state index in [1.807, 2.05) is 55.0 Å². The fourth-order valence-corrected chi connectivity index (χ4v) is 4.52. The van der Waals surface area contributed by atoms with Gasteiger partial charge < -0.3 is 9.80 Å². The predicted molar refractivity (Wildman–Crippen MR) is 132 cm³/mol. The highest BCUT2D eigenvalue weighted by Gasteiger charge is 2.31. The molecule has 1 unspecified atom stereocenters. The van der Waals surface area contributed by atoms with Gasteiger partial charge in [0.05, 0.1) is 6.04 Å². The number of rotatable bonds is 4. The molecule has 1 amide bonds. The lowest BCUT2D eigenvalue weighted by molar-refractivity contribution is -0.126. The first-order valence-corrected chi connectivity index (χ1v) is 11.4. The molecule has 4 rings (SSSR count). The van der Waals surface area contributed by atoms with Crippen molar-refractivity contribution in [2.75, 3.05) is 13.6 Å². The zero-order valence-corrected chi connectivity index (χ0v) is 19.7. The van der Waals surface area contributed by atoms with Gasteiger partial charge in [0.1, 0.15) is 17.3 Å². The number of allylic oxidation sites excluding steroid dienone is 3. The van der Waals surface area contributed by atoms with Gasteiger partial charge in [-0.05, 0) is 67.2 Å². The normalized spacial score (nSPS) is 19.2. The van der Waals surface area contributed by atoms with E-state index in [0.717, 1.165) is 24.1 Å². The van der Waals surface area contributed by atoms with Crippen LogP contribution in [-0.2, 0) is 11.2 Å². The Kier molecular flexibility index (Phi) is 6.32. The van der Waals surface area contributed by atoms with Gasteiger partial charge in [-0.1, -0.05) is 49.9 Å². The highest BCUT2D eigenvalue weighted by molar-refractivity contribution is 6.43. The summed E-state index contributed by atoms with van der Waals surface area (Å²) in [4.78, 5) is 22.1. The van der Waals surface area contributed by atoms with Crippen LogP contribution in [0.3, 0.4) is 0 Å². The van der Waals surface area contributed by atoms with Crippen LogP contribution < -0.4 is 0 Å². The van der Waals surface area contributed by atoms with Crippen LogP contribution in [0, 0.1) is 12.7 Å². The Bertz CT molecular complexity index is 1210. The minimum atomic E-state index is -0.317. The monoisotopic (exact) mass is 443 g/mol. The van der Waals surface area contributed by atoms with Crippen LogP contribution in [0.4, 0.5) is 4.39 Å². The SMILES string of the molecule is C=C(/C=C1/N=C(C(=O)N2CCc3ccccc3C2C)C=C(CC)N1C)c1ccc(C)cc1F. The molecule has 170 valence electrons. The summed E-state index contributed by atoms with van der Waals surface area (Å²) >= 11 is 0. The molecule has 0 aromatic heterocycles. The van der Waals surface area contributed by atoms with Gasteiger partial charge in [0.15, 0.2) is 0 Å². The summed E-state index contributed by atoms with van der Waals surface area (Å²) in [5, 5.41) is 0. The quantitative estimate of drug-likeness (QED) is 0.597. The molecule has 0 N–H and O–H groups in total. The smallest absolute Gasteiger partial charge is 0.273 e. The van der Waals surface area contributed by atoms with Gasteiger partial charge >= 0.3 is 0 Å². The minimum Gasteiger partial charge on any atom is -0.333 e. The Morgan fingerprint density at radius 1 is 1.27 bits per heavy atom. The molecule has 1 atom stereocenters. The molecule has 2 aromatic rings. The molecule has 0 aliphatic carbocycles. The fraction of sp³-hybridized carbons (Fsp3) is 0.286. The molecule has 5 heteroatoms. The summed E-state index contributed by atoms with van der Waals surface area (Å²) in [6.07, 6.45) is 5.18. The standard InChI is InChI=1S/C28H30FN3O/c1-6-22-17-26(28(33)32-14-13-21-9-7-8-10-24(21)20(32)4)30-27(31(22)5)16-19(3)23-12-11-18(2)15-25(23)29/h7-12,15-17,20H,3,6,13-14H2,1-2,4-5H3/b27-16-. The maximum Gasteiger partial charge on any atom is 0.273 e. The van der Waals surface area contributed by atoms with Crippen LogP contribution >= 0.6 is 0 Å². The maximum atomic E-state index is 14.5. The second-order valence-electron chi connectivity index (χ2n) is 8.68. The molecule has 2 aliphatic heterocycles. The van der Waals surface area contributed by atoms with Gasteiger partial charge in [0.2, 0.25) is 0 Å². The Balaban J connectivity index is 1.67. The third kappa shape index (κ3) is 4.40. The zero-order chi connectivity index (χ0) is 23.7. The number of aryl methyl sites for hydroxylation is 1. The largest absolute Gasteiger partial charge is 0.333 e. The lowest BCUT2D eigenvalue weighted by Crippen LogP contribution is -2.43. The van der Waals surface area contributed by atoms with Crippen molar-refractivity contribution in [3.63, 3.8) is 0 Å². The molecule has 0 saturated heterocycles. The summed E-state index contributed by atoms with van der Waals surface area (Å²) in [7, 11) is 1.91. The van der Waals surface area contributed by atoms with Crippen molar-refractivity contribution in [1.82, 2.24) is 9.80 Å². The van der Waals surface area contributed by atoms with Crippen LogP contribution in [0.2, 0.25) is 0 Å². The number of fused-ring (bicyclic) bond motifs is 1. The number of halogens is 1. The third-order valence-corrected chi connectivity index (χ3v) is 6.52. The van der Waals surface area contributed by atoms with Gasteiger partial charge in [-0.15, -0.1) is 0 Å². The van der Waals surface area contributed by atoms with Crippen LogP contribution in [0.1, 0.15) is 48.6 Å². The first-order chi connectivity index (χ1) is 15.8. The Labute approximate surface area is 195 Å². The van der Waals surface area contributed by atoms with E-state index < -0.39 is 0 Å². The topological polar surface area (TPSA) is 35.9 Å². The number of hydrogen-bond acceptors (Lipinski definition) is 3. The van der Waals surface area contributed by atoms with Crippen molar-refractivity contribution in [1.29, 1.82) is 0 Å². The maximum absolute atomic E-state index is 14.5. The van der Waals surface area contributed by atoms with Gasteiger partial charge in [0, 0.05) is 24.9 Å². The molecule has 2 aromatic carbocycles. The average Bonchev–Trinajstić information content (AvgIpc) is 2.80. The highest BCUT2D eigenvalue weighted by atomic mass is 19.1. The van der Waals surface area contributed by atoms with Crippen molar-refractivity contribution in [3.05, 3.63) is 101 Å². The molecule has 2 heterocycles. The Hall–Kier alpha value is -3.47. The minimum absolute atomic E-state index is 0.0210. The van der Waals surface area contributed by atoms with E-state index in [4.69, 9.17) is 4.99 Å². The molecule has 0 bridgehead atoms. The van der Waals surface area contributed by atoms with E-state index in [1.165, 1.54) is 17.2 Å². The molecule has 0 radical (unpaired) electrons. The van der Waals surface area contributed by atoms with Gasteiger partial charge in [0.25, 0.3) is 5.91 Å². The van der Waals surface area contributed by atoms with E-state index in [-0.39, 0.29) is 17.8 Å². The summed E-state index contributed by atoms with van der Waals surface area (Å²) < 4.78 is 14.5. The Morgan fingerprint density at radius 3 is 2.76 bits per heavy atom. The van der Waals surface area contributed by atoms with Crippen LogP contribution in [0.15, 0.2) is 77.7 Å². The van der Waals surface area contributed by atoms with Crippen molar-refractivity contribution < 1.29 is 9.18 Å². The summed E-state index contributed by atoms with van der Waals surface area (Å²) in [5.41, 5.74) is 5.65. The summed E-state index contributed by atoms with van der Waals surface area (Å²) in [6, 6.07) is 13.3. The highest BCUT2D eigenvalue weighted by Crippen LogP contribution is 2.31. The van der Waals surface area contributed by atoms with Crippen LogP contribution in [-0.4, -0.2) is 35.0 Å². The number of carbonyl (C=O) groups excluding carboxylic acids is 1. The van der Waals surface area contributed by atoms with E-state index in [0.29, 0.717) is 29.2 Å². The van der Waals surface area contributed by atoms with Gasteiger partial charge in [-0.2, -0.15) is 0 Å². The summed E-state index contributed by atoms with van der Waals surface area (Å²) in [5.74, 6) is 0.171. The van der Waals surface area contributed by atoms with Gasteiger partial charge in [-0.3, -0.25) is 4.79 Å². The van der Waals surface area contributed by atoms with Crippen molar-refractivity contribution in [2.45, 2.75) is 39.7 Å². The molecule has 4 nitrogen and oxygen atoms in total. The number of aliphatic imine (C=N–C) groups is 1. The van der Waals surface area contributed by atoms with E-state index >= 15 is 0 Å². The lowest BCUT2D eigenvalue weighted by Gasteiger charge is -2.36. The van der Waals surface area contributed by atoms with Crippen molar-refractivity contribution >= 4 is 17.2 Å². The number of benzene rings is 2. The van der Waals surface area contributed by atoms with E-state index in [1.54, 1.807) is 12.1 Å². The average molecular weight is 444 g/mol. The molecule has 0 saturated carbocycles. The van der Waals surface area contributed by atoms with Gasteiger partial charge in [-0.25, -0.2) is 9.38 Å². The second-order valence-corrected chi connectivity index (χ2v) is 8.68. The van der Waals surface area contributed by atoms with Crippen LogP contribution in [0.5, 0.6) is 0 Å². The molecular formula is C28H30FN3O. The first-order valence-electron chi connectivity index (χ1n) is 11.4. The van der Waals surface area contributed by atoms with Crippen LogP contribution in [0.25, 0.3) is 5.57 Å². The molecule has 33 heavy (non-hydrogen) atoms. The number of carbonyl (C=O) groups is 1. The molecule has 0 spiro atoms. The number of hydrogen-bond donors (Lipinski definition) is 0. The van der Waals surface area contributed by atoms with E-state index in [2.05, 4.69) is 25.6 Å².